The normalized spacial score (nSPS) is 10.6. The molecule has 0 heterocycles. The molecule has 1 nitrogen and oxygen atoms in total. The van der Waals surface area contributed by atoms with Gasteiger partial charge in [0.15, 0.2) is 0 Å². The number of hydrogen-bond acceptors (Lipinski definition) is 2. The summed E-state index contributed by atoms with van der Waals surface area (Å²) in [5.74, 6) is 0.979. The van der Waals surface area contributed by atoms with Gasteiger partial charge in [-0.1, -0.05) is 31.2 Å². The zero-order valence-corrected chi connectivity index (χ0v) is 12.7. The fraction of sp³-hybridized carbons (Fsp3) is 0.200. The smallest absolute Gasteiger partial charge is 0.0331 e. The lowest BCUT2D eigenvalue weighted by atomic mass is 10.1. The SMILES string of the molecule is CCc1ccc(CSc2ccc(N)cc2Br)cc1. The van der Waals surface area contributed by atoms with Gasteiger partial charge in [0.1, 0.15) is 0 Å². The molecule has 2 rings (SSSR count). The van der Waals surface area contributed by atoms with Crippen LogP contribution in [-0.4, -0.2) is 0 Å². The Morgan fingerprint density at radius 2 is 1.72 bits per heavy atom. The second-order valence-corrected chi connectivity index (χ2v) is 6.02. The molecule has 0 saturated carbocycles. The highest BCUT2D eigenvalue weighted by Crippen LogP contribution is 2.31. The first-order valence-corrected chi connectivity index (χ1v) is 7.72. The molecule has 0 radical (unpaired) electrons. The van der Waals surface area contributed by atoms with Crippen LogP contribution in [0.2, 0.25) is 0 Å². The third kappa shape index (κ3) is 3.53. The summed E-state index contributed by atoms with van der Waals surface area (Å²) >= 11 is 5.36. The highest BCUT2D eigenvalue weighted by atomic mass is 79.9. The van der Waals surface area contributed by atoms with Crippen molar-refractivity contribution in [3.05, 3.63) is 58.1 Å². The third-order valence-corrected chi connectivity index (χ3v) is 4.84. The predicted molar refractivity (Wildman–Crippen MR) is 83.9 cm³/mol. The Labute approximate surface area is 121 Å². The molecule has 2 N–H and O–H groups in total. The Morgan fingerprint density at radius 3 is 2.33 bits per heavy atom. The number of nitrogen functional groups attached to an aromatic ring is 1. The molecule has 0 amide bonds. The van der Waals surface area contributed by atoms with Crippen molar-refractivity contribution in [3.63, 3.8) is 0 Å². The van der Waals surface area contributed by atoms with Gasteiger partial charge >= 0.3 is 0 Å². The average Bonchev–Trinajstić information content (AvgIpc) is 2.38. The Balaban J connectivity index is 2.02. The van der Waals surface area contributed by atoms with E-state index >= 15 is 0 Å². The van der Waals surface area contributed by atoms with E-state index in [2.05, 4.69) is 53.2 Å². The largest absolute Gasteiger partial charge is 0.399 e. The van der Waals surface area contributed by atoms with Crippen LogP contribution in [-0.2, 0) is 12.2 Å². The minimum absolute atomic E-state index is 0.790. The standard InChI is InChI=1S/C15H16BrNS/c1-2-11-3-5-12(6-4-11)10-18-15-8-7-13(17)9-14(15)16/h3-9H,2,10,17H2,1H3. The summed E-state index contributed by atoms with van der Waals surface area (Å²) in [6.07, 6.45) is 1.09. The first kappa shape index (κ1) is 13.5. The summed E-state index contributed by atoms with van der Waals surface area (Å²) in [4.78, 5) is 1.23. The Kier molecular flexibility index (Phi) is 4.72. The van der Waals surface area contributed by atoms with E-state index in [0.29, 0.717) is 0 Å². The summed E-state index contributed by atoms with van der Waals surface area (Å²) in [6.45, 7) is 2.18. The van der Waals surface area contributed by atoms with Crippen LogP contribution in [0.15, 0.2) is 51.8 Å². The summed E-state index contributed by atoms with van der Waals surface area (Å²) in [6, 6.07) is 14.8. The molecule has 0 fully saturated rings. The summed E-state index contributed by atoms with van der Waals surface area (Å²) in [7, 11) is 0. The predicted octanol–water partition coefficient (Wildman–Crippen LogP) is 4.89. The van der Waals surface area contributed by atoms with Crippen LogP contribution < -0.4 is 5.73 Å². The molecule has 2 aromatic rings. The molecule has 0 unspecified atom stereocenters. The number of anilines is 1. The van der Waals surface area contributed by atoms with Gasteiger partial charge in [-0.25, -0.2) is 0 Å². The molecule has 3 heteroatoms. The van der Waals surface area contributed by atoms with Gasteiger partial charge in [0.05, 0.1) is 0 Å². The zero-order chi connectivity index (χ0) is 13.0. The second kappa shape index (κ2) is 6.30. The number of halogens is 1. The van der Waals surface area contributed by atoms with E-state index in [-0.39, 0.29) is 0 Å². The van der Waals surface area contributed by atoms with Crippen LogP contribution in [0.1, 0.15) is 18.1 Å². The number of rotatable bonds is 4. The highest BCUT2D eigenvalue weighted by Gasteiger charge is 2.02. The lowest BCUT2D eigenvalue weighted by molar-refractivity contribution is 1.13. The third-order valence-electron chi connectivity index (χ3n) is 2.78. The quantitative estimate of drug-likeness (QED) is 0.641. The summed E-state index contributed by atoms with van der Waals surface area (Å²) < 4.78 is 1.07. The maximum Gasteiger partial charge on any atom is 0.0331 e. The highest BCUT2D eigenvalue weighted by molar-refractivity contribution is 9.10. The van der Waals surface area contributed by atoms with Gasteiger partial charge < -0.3 is 5.73 Å². The number of thioether (sulfide) groups is 1. The van der Waals surface area contributed by atoms with Crippen LogP contribution >= 0.6 is 27.7 Å². The fourth-order valence-electron chi connectivity index (χ4n) is 1.67. The number of nitrogens with two attached hydrogens (primary N) is 1. The Hall–Kier alpha value is -0.930. The van der Waals surface area contributed by atoms with Crippen molar-refractivity contribution < 1.29 is 0 Å². The minimum Gasteiger partial charge on any atom is -0.399 e. The first-order valence-electron chi connectivity index (χ1n) is 5.94. The van der Waals surface area contributed by atoms with Crippen LogP contribution in [0.5, 0.6) is 0 Å². The number of hydrogen-bond donors (Lipinski definition) is 1. The van der Waals surface area contributed by atoms with E-state index < -0.39 is 0 Å². The Bertz CT molecular complexity index is 523. The van der Waals surface area contributed by atoms with Gasteiger partial charge in [0, 0.05) is 20.8 Å². The molecular weight excluding hydrogens is 306 g/mol. The van der Waals surface area contributed by atoms with Crippen molar-refractivity contribution in [2.24, 2.45) is 0 Å². The summed E-state index contributed by atoms with van der Waals surface area (Å²) in [5.41, 5.74) is 9.25. The molecule has 0 atom stereocenters. The van der Waals surface area contributed by atoms with Gasteiger partial charge in [-0.2, -0.15) is 0 Å². The molecule has 0 saturated heterocycles. The monoisotopic (exact) mass is 321 g/mol. The van der Waals surface area contributed by atoms with Gasteiger partial charge in [-0.15, -0.1) is 11.8 Å². The second-order valence-electron chi connectivity index (χ2n) is 4.15. The van der Waals surface area contributed by atoms with Crippen LogP contribution in [0, 0.1) is 0 Å². The number of benzene rings is 2. The van der Waals surface area contributed by atoms with Crippen LogP contribution in [0.3, 0.4) is 0 Å². The van der Waals surface area contributed by atoms with E-state index in [4.69, 9.17) is 5.73 Å². The molecule has 94 valence electrons. The molecule has 0 bridgehead atoms. The molecule has 0 spiro atoms. The first-order chi connectivity index (χ1) is 8.69. The molecule has 0 aliphatic carbocycles. The van der Waals surface area contributed by atoms with Gasteiger partial charge in [-0.05, 0) is 51.7 Å². The van der Waals surface area contributed by atoms with Crippen LogP contribution in [0.4, 0.5) is 5.69 Å². The minimum atomic E-state index is 0.790. The summed E-state index contributed by atoms with van der Waals surface area (Å²) in [5, 5.41) is 0. The average molecular weight is 322 g/mol. The maximum absolute atomic E-state index is 5.73. The molecular formula is C15H16BrNS. The lowest BCUT2D eigenvalue weighted by Crippen LogP contribution is -1.86. The molecule has 0 aromatic heterocycles. The van der Waals surface area contributed by atoms with E-state index in [0.717, 1.165) is 22.3 Å². The zero-order valence-electron chi connectivity index (χ0n) is 10.3. The van der Waals surface area contributed by atoms with Crippen molar-refractivity contribution in [3.8, 4) is 0 Å². The van der Waals surface area contributed by atoms with E-state index in [9.17, 15) is 0 Å². The van der Waals surface area contributed by atoms with Crippen molar-refractivity contribution in [2.75, 3.05) is 5.73 Å². The Morgan fingerprint density at radius 1 is 1.06 bits per heavy atom. The maximum atomic E-state index is 5.73. The van der Waals surface area contributed by atoms with Crippen molar-refractivity contribution in [2.45, 2.75) is 24.0 Å². The fourth-order valence-corrected chi connectivity index (χ4v) is 3.28. The molecule has 0 aliphatic heterocycles. The molecule has 18 heavy (non-hydrogen) atoms. The van der Waals surface area contributed by atoms with Gasteiger partial charge in [0.2, 0.25) is 0 Å². The van der Waals surface area contributed by atoms with E-state index in [1.807, 2.05) is 23.9 Å². The molecule has 0 aliphatic rings. The van der Waals surface area contributed by atoms with Crippen LogP contribution in [0.25, 0.3) is 0 Å². The van der Waals surface area contributed by atoms with E-state index in [1.165, 1.54) is 16.0 Å². The molecule has 2 aromatic carbocycles. The van der Waals surface area contributed by atoms with Gasteiger partial charge in [-0.3, -0.25) is 0 Å². The van der Waals surface area contributed by atoms with Crippen molar-refractivity contribution in [1.29, 1.82) is 0 Å². The van der Waals surface area contributed by atoms with Crippen molar-refractivity contribution in [1.82, 2.24) is 0 Å². The van der Waals surface area contributed by atoms with Crippen molar-refractivity contribution >= 4 is 33.4 Å². The number of aryl methyl sites for hydroxylation is 1. The van der Waals surface area contributed by atoms with E-state index in [1.54, 1.807) is 0 Å². The lowest BCUT2D eigenvalue weighted by Gasteiger charge is -2.06. The topological polar surface area (TPSA) is 26.0 Å². The van der Waals surface area contributed by atoms with Gasteiger partial charge in [0.25, 0.3) is 0 Å².